The molecule has 1 aliphatic rings. The number of nitro groups is 1. The molecule has 31 heavy (non-hydrogen) atoms. The summed E-state index contributed by atoms with van der Waals surface area (Å²) in [7, 11) is 0. The third-order valence-corrected chi connectivity index (χ3v) is 4.66. The average Bonchev–Trinajstić information content (AvgIpc) is 3.19. The molecule has 1 aliphatic heterocycles. The normalized spacial score (nSPS) is 11.7. The molecular weight excluding hydrogens is 451 g/mol. The van der Waals surface area contributed by atoms with E-state index in [9.17, 15) is 14.9 Å². The monoisotopic (exact) mass is 462 g/mol. The average molecular weight is 463 g/mol. The molecule has 0 saturated heterocycles. The molecule has 1 aromatic heterocycles. The summed E-state index contributed by atoms with van der Waals surface area (Å²) in [5, 5.41) is 15.0. The van der Waals surface area contributed by atoms with Gasteiger partial charge in [-0.05, 0) is 30.3 Å². The summed E-state index contributed by atoms with van der Waals surface area (Å²) >= 11 is 11.8. The standard InChI is InChI=1S/C18H12Cl2N6O5/c19-9-1-3-11(12(20)5-9)18(27)25-24-17-15(26(28)29)16(21-7-22-17)23-10-2-4-13-14(6-10)31-8-30-13/h1-7H,8H2,(H,25,27)(H2,21,22,23,24). The fourth-order valence-corrected chi connectivity index (χ4v) is 3.20. The Balaban J connectivity index is 1.56. The second kappa shape index (κ2) is 8.50. The second-order valence-corrected chi connectivity index (χ2v) is 6.92. The molecule has 158 valence electrons. The molecule has 0 aliphatic carbocycles. The highest BCUT2D eigenvalue weighted by molar-refractivity contribution is 6.36. The lowest BCUT2D eigenvalue weighted by Gasteiger charge is -2.11. The first-order chi connectivity index (χ1) is 14.9. The van der Waals surface area contributed by atoms with Crippen LogP contribution in [0.1, 0.15) is 10.4 Å². The van der Waals surface area contributed by atoms with Crippen molar-refractivity contribution >= 4 is 52.1 Å². The maximum atomic E-state index is 12.4. The predicted molar refractivity (Wildman–Crippen MR) is 112 cm³/mol. The summed E-state index contributed by atoms with van der Waals surface area (Å²) < 4.78 is 10.5. The van der Waals surface area contributed by atoms with Gasteiger partial charge in [-0.3, -0.25) is 25.8 Å². The smallest absolute Gasteiger partial charge is 0.355 e. The van der Waals surface area contributed by atoms with E-state index in [4.69, 9.17) is 32.7 Å². The summed E-state index contributed by atoms with van der Waals surface area (Å²) in [6.45, 7) is 0.0951. The third-order valence-electron chi connectivity index (χ3n) is 4.11. The molecule has 4 rings (SSSR count). The molecule has 11 nitrogen and oxygen atoms in total. The summed E-state index contributed by atoms with van der Waals surface area (Å²) in [5.74, 6) is 0.0857. The molecule has 0 spiro atoms. The van der Waals surface area contributed by atoms with Gasteiger partial charge in [-0.2, -0.15) is 0 Å². The zero-order valence-corrected chi connectivity index (χ0v) is 16.9. The van der Waals surface area contributed by atoms with Gasteiger partial charge in [-0.15, -0.1) is 0 Å². The number of nitrogens with one attached hydrogen (secondary N) is 3. The van der Waals surface area contributed by atoms with Crippen LogP contribution in [0.2, 0.25) is 10.0 Å². The Labute approximate surface area is 184 Å². The van der Waals surface area contributed by atoms with Crippen molar-refractivity contribution in [1.82, 2.24) is 15.4 Å². The number of nitrogens with zero attached hydrogens (tertiary/aromatic N) is 3. The molecular formula is C18H12Cl2N6O5. The minimum absolute atomic E-state index is 0.0951. The molecule has 1 amide bonds. The van der Waals surface area contributed by atoms with Gasteiger partial charge in [0.2, 0.25) is 18.4 Å². The number of halogens is 2. The first-order valence-electron chi connectivity index (χ1n) is 8.60. The summed E-state index contributed by atoms with van der Waals surface area (Å²) in [6.07, 6.45) is 1.10. The van der Waals surface area contributed by atoms with Gasteiger partial charge in [0.25, 0.3) is 5.91 Å². The molecule has 0 fully saturated rings. The zero-order valence-electron chi connectivity index (χ0n) is 15.4. The lowest BCUT2D eigenvalue weighted by Crippen LogP contribution is -2.30. The van der Waals surface area contributed by atoms with Gasteiger partial charge >= 0.3 is 5.69 Å². The molecule has 0 saturated carbocycles. The van der Waals surface area contributed by atoms with Crippen molar-refractivity contribution in [1.29, 1.82) is 0 Å². The number of benzene rings is 2. The van der Waals surface area contributed by atoms with E-state index in [0.717, 1.165) is 6.33 Å². The maximum Gasteiger partial charge on any atom is 0.355 e. The highest BCUT2D eigenvalue weighted by Crippen LogP contribution is 2.37. The highest BCUT2D eigenvalue weighted by Gasteiger charge is 2.24. The number of hydrogen-bond donors (Lipinski definition) is 3. The first kappa shape index (κ1) is 20.4. The first-order valence-corrected chi connectivity index (χ1v) is 9.35. The number of anilines is 3. The largest absolute Gasteiger partial charge is 0.454 e. The quantitative estimate of drug-likeness (QED) is 0.366. The second-order valence-electron chi connectivity index (χ2n) is 6.07. The van der Waals surface area contributed by atoms with Crippen LogP contribution in [0.25, 0.3) is 0 Å². The molecule has 3 N–H and O–H groups in total. The molecule has 2 aromatic carbocycles. The number of hydrogen-bond acceptors (Lipinski definition) is 9. The van der Waals surface area contributed by atoms with E-state index in [-0.39, 0.29) is 29.0 Å². The number of aromatic nitrogens is 2. The van der Waals surface area contributed by atoms with Crippen LogP contribution in [0, 0.1) is 10.1 Å². The van der Waals surface area contributed by atoms with Crippen LogP contribution in [-0.2, 0) is 0 Å². The fraction of sp³-hybridized carbons (Fsp3) is 0.0556. The number of fused-ring (bicyclic) bond motifs is 1. The van der Waals surface area contributed by atoms with Crippen molar-refractivity contribution < 1.29 is 19.2 Å². The Kier molecular flexibility index (Phi) is 5.60. The van der Waals surface area contributed by atoms with Crippen molar-refractivity contribution in [2.24, 2.45) is 0 Å². The number of hydrazine groups is 1. The Hall–Kier alpha value is -3.83. The van der Waals surface area contributed by atoms with Crippen LogP contribution >= 0.6 is 23.2 Å². The topological polar surface area (TPSA) is 141 Å². The van der Waals surface area contributed by atoms with Gasteiger partial charge in [0.05, 0.1) is 15.5 Å². The van der Waals surface area contributed by atoms with Crippen LogP contribution in [0.4, 0.5) is 23.0 Å². The van der Waals surface area contributed by atoms with E-state index in [1.165, 1.54) is 18.2 Å². The fourth-order valence-electron chi connectivity index (χ4n) is 2.70. The van der Waals surface area contributed by atoms with Gasteiger partial charge in [0.15, 0.2) is 11.5 Å². The lowest BCUT2D eigenvalue weighted by atomic mass is 10.2. The summed E-state index contributed by atoms with van der Waals surface area (Å²) in [4.78, 5) is 31.1. The summed E-state index contributed by atoms with van der Waals surface area (Å²) in [6, 6.07) is 9.24. The Morgan fingerprint density at radius 3 is 2.61 bits per heavy atom. The molecule has 0 bridgehead atoms. The zero-order chi connectivity index (χ0) is 22.0. The van der Waals surface area contributed by atoms with E-state index in [1.54, 1.807) is 18.2 Å². The van der Waals surface area contributed by atoms with Crippen molar-refractivity contribution in [2.45, 2.75) is 0 Å². The molecule has 13 heteroatoms. The van der Waals surface area contributed by atoms with Crippen LogP contribution in [0.3, 0.4) is 0 Å². The maximum absolute atomic E-state index is 12.4. The number of rotatable bonds is 6. The minimum Gasteiger partial charge on any atom is -0.454 e. The number of carbonyl (C=O) groups is 1. The predicted octanol–water partition coefficient (Wildman–Crippen LogP) is 3.92. The van der Waals surface area contributed by atoms with E-state index < -0.39 is 16.5 Å². The van der Waals surface area contributed by atoms with E-state index >= 15 is 0 Å². The lowest BCUT2D eigenvalue weighted by molar-refractivity contribution is -0.383. The van der Waals surface area contributed by atoms with Crippen LogP contribution in [0.5, 0.6) is 11.5 Å². The summed E-state index contributed by atoms with van der Waals surface area (Å²) in [5.41, 5.74) is 4.87. The van der Waals surface area contributed by atoms with Crippen LogP contribution in [0.15, 0.2) is 42.7 Å². The van der Waals surface area contributed by atoms with Crippen molar-refractivity contribution in [3.8, 4) is 11.5 Å². The Morgan fingerprint density at radius 2 is 1.84 bits per heavy atom. The SMILES string of the molecule is O=C(NNc1ncnc(Nc2ccc3c(c2)OCO3)c1[N+](=O)[O-])c1ccc(Cl)cc1Cl. The minimum atomic E-state index is -0.681. The van der Waals surface area contributed by atoms with Crippen molar-refractivity contribution in [3.63, 3.8) is 0 Å². The van der Waals surface area contributed by atoms with Crippen molar-refractivity contribution in [3.05, 3.63) is 68.4 Å². The number of amides is 1. The molecule has 0 radical (unpaired) electrons. The van der Waals surface area contributed by atoms with Crippen molar-refractivity contribution in [2.75, 3.05) is 17.5 Å². The number of ether oxygens (including phenoxy) is 2. The van der Waals surface area contributed by atoms with Crippen LogP contribution < -0.4 is 25.6 Å². The van der Waals surface area contributed by atoms with E-state index in [1.807, 2.05) is 0 Å². The Bertz CT molecular complexity index is 1190. The van der Waals surface area contributed by atoms with Gasteiger partial charge in [-0.25, -0.2) is 9.97 Å². The van der Waals surface area contributed by atoms with Crippen LogP contribution in [-0.4, -0.2) is 27.6 Å². The van der Waals surface area contributed by atoms with Gasteiger partial charge < -0.3 is 14.8 Å². The van der Waals surface area contributed by atoms with Gasteiger partial charge in [0.1, 0.15) is 6.33 Å². The van der Waals surface area contributed by atoms with Gasteiger partial charge in [0, 0.05) is 16.8 Å². The molecule has 0 atom stereocenters. The molecule has 0 unspecified atom stereocenters. The Morgan fingerprint density at radius 1 is 1.06 bits per heavy atom. The molecule has 2 heterocycles. The third kappa shape index (κ3) is 4.37. The van der Waals surface area contributed by atoms with E-state index in [2.05, 4.69) is 26.1 Å². The van der Waals surface area contributed by atoms with Gasteiger partial charge in [-0.1, -0.05) is 23.2 Å². The molecule has 3 aromatic rings. The van der Waals surface area contributed by atoms with E-state index in [0.29, 0.717) is 22.2 Å². The highest BCUT2D eigenvalue weighted by atomic mass is 35.5. The number of carbonyl (C=O) groups excluding carboxylic acids is 1.